The molecule has 0 aliphatic heterocycles. The Labute approximate surface area is 376 Å². The van der Waals surface area contributed by atoms with E-state index >= 15 is 0 Å². The SMILES string of the molecule is CCCCCCCc1cc(S(=O)(=O)[O-])c2cccc(CCCCCCC)c2c1.CCCCCCCc1cc(S(=O)(=O)[O-])c2cccc(CCCCCCC)c2c1.[Ca+2]. The van der Waals surface area contributed by atoms with Crippen LogP contribution in [-0.2, 0) is 45.9 Å². The number of unbranched alkanes of at least 4 members (excludes halogenated alkanes) is 16. The normalized spacial score (nSPS) is 11.8. The summed E-state index contributed by atoms with van der Waals surface area (Å²) in [5, 5.41) is 3.04. The minimum Gasteiger partial charge on any atom is -0.744 e. The standard InChI is InChI=1S/2C24H36O3S.Ca/c2*1-3-5-7-9-11-14-20-18-23-21(15-12-10-8-6-4-2)16-13-17-22(23)24(19-20)28(25,26)27;/h2*13,16-19H,3-12,14-15H2,1-2H3,(H,25,26,27);/q;;+2/p-2. The van der Waals surface area contributed by atoms with Crippen molar-refractivity contribution >= 4 is 79.5 Å². The molecule has 0 heterocycles. The predicted molar refractivity (Wildman–Crippen MR) is 239 cm³/mol. The Bertz CT molecular complexity index is 1830. The zero-order chi connectivity index (χ0) is 40.8. The maximum absolute atomic E-state index is 11.9. The third-order valence-electron chi connectivity index (χ3n) is 11.0. The minimum atomic E-state index is -4.49. The van der Waals surface area contributed by atoms with Gasteiger partial charge in [0, 0.05) is 0 Å². The molecule has 312 valence electrons. The van der Waals surface area contributed by atoms with E-state index in [1.165, 1.54) is 89.9 Å². The van der Waals surface area contributed by atoms with E-state index in [2.05, 4.69) is 52.0 Å². The molecule has 0 bridgehead atoms. The summed E-state index contributed by atoms with van der Waals surface area (Å²) in [6.07, 6.45) is 27.2. The van der Waals surface area contributed by atoms with Gasteiger partial charge in [-0.1, -0.05) is 179 Å². The molecular formula is C48H70CaO6S2. The molecule has 0 fully saturated rings. The van der Waals surface area contributed by atoms with Gasteiger partial charge >= 0.3 is 37.7 Å². The van der Waals surface area contributed by atoms with Crippen LogP contribution in [0.5, 0.6) is 0 Å². The number of hydrogen-bond acceptors (Lipinski definition) is 6. The smallest absolute Gasteiger partial charge is 0.744 e. The zero-order valence-corrected chi connectivity index (χ0v) is 39.6. The summed E-state index contributed by atoms with van der Waals surface area (Å²) < 4.78 is 71.4. The third kappa shape index (κ3) is 18.3. The van der Waals surface area contributed by atoms with Gasteiger partial charge in [-0.15, -0.1) is 0 Å². The van der Waals surface area contributed by atoms with Gasteiger partial charge in [0.2, 0.25) is 0 Å². The van der Waals surface area contributed by atoms with Gasteiger partial charge in [-0.05, 0) is 107 Å². The summed E-state index contributed by atoms with van der Waals surface area (Å²) in [6.45, 7) is 8.80. The molecule has 57 heavy (non-hydrogen) atoms. The molecule has 9 heteroatoms. The second kappa shape index (κ2) is 28.1. The van der Waals surface area contributed by atoms with E-state index in [1.807, 2.05) is 12.1 Å². The van der Waals surface area contributed by atoms with Gasteiger partial charge < -0.3 is 9.11 Å². The summed E-state index contributed by atoms with van der Waals surface area (Å²) in [4.78, 5) is -0.109. The summed E-state index contributed by atoms with van der Waals surface area (Å²) in [5.74, 6) is 0. The van der Waals surface area contributed by atoms with Crippen molar-refractivity contribution in [3.8, 4) is 0 Å². The minimum absolute atomic E-state index is 0. The van der Waals surface area contributed by atoms with Gasteiger partial charge in [0.25, 0.3) is 0 Å². The van der Waals surface area contributed by atoms with Crippen LogP contribution in [0, 0.1) is 0 Å². The van der Waals surface area contributed by atoms with Gasteiger partial charge in [0.15, 0.2) is 0 Å². The fourth-order valence-corrected chi connectivity index (χ4v) is 9.27. The fraction of sp³-hybridized carbons (Fsp3) is 0.583. The van der Waals surface area contributed by atoms with Crippen LogP contribution in [0.2, 0.25) is 0 Å². The first-order valence-corrected chi connectivity index (χ1v) is 24.8. The Morgan fingerprint density at radius 1 is 0.386 bits per heavy atom. The van der Waals surface area contributed by atoms with Crippen molar-refractivity contribution in [1.29, 1.82) is 0 Å². The van der Waals surface area contributed by atoms with Crippen LogP contribution < -0.4 is 0 Å². The van der Waals surface area contributed by atoms with Crippen molar-refractivity contribution in [2.75, 3.05) is 0 Å². The first-order valence-electron chi connectivity index (χ1n) is 21.9. The first-order chi connectivity index (χ1) is 26.9. The molecule has 0 saturated heterocycles. The molecular weight excluding hydrogens is 777 g/mol. The molecule has 6 nitrogen and oxygen atoms in total. The van der Waals surface area contributed by atoms with Gasteiger partial charge in [-0.3, -0.25) is 0 Å². The summed E-state index contributed by atoms with van der Waals surface area (Å²) in [6, 6.07) is 18.9. The summed E-state index contributed by atoms with van der Waals surface area (Å²) in [5.41, 5.74) is 4.26. The fourth-order valence-electron chi connectivity index (χ4n) is 7.78. The molecule has 0 N–H and O–H groups in total. The number of hydrogen-bond donors (Lipinski definition) is 0. The quantitative estimate of drug-likeness (QED) is 0.0353. The molecule has 4 aromatic carbocycles. The number of aryl methyl sites for hydroxylation is 4. The van der Waals surface area contributed by atoms with Crippen molar-refractivity contribution in [2.24, 2.45) is 0 Å². The molecule has 0 aliphatic carbocycles. The van der Waals surface area contributed by atoms with E-state index in [0.717, 1.165) is 97.2 Å². The molecule has 0 unspecified atom stereocenters. The Morgan fingerprint density at radius 2 is 0.684 bits per heavy atom. The monoisotopic (exact) mass is 846 g/mol. The van der Waals surface area contributed by atoms with E-state index in [-0.39, 0.29) is 47.5 Å². The van der Waals surface area contributed by atoms with Gasteiger partial charge in [0.1, 0.15) is 20.2 Å². The Morgan fingerprint density at radius 3 is 0.982 bits per heavy atom. The van der Waals surface area contributed by atoms with Gasteiger partial charge in [-0.25, -0.2) is 16.8 Å². The predicted octanol–water partition coefficient (Wildman–Crippen LogP) is 13.2. The van der Waals surface area contributed by atoms with E-state index in [0.29, 0.717) is 10.8 Å². The summed E-state index contributed by atoms with van der Waals surface area (Å²) in [7, 11) is -8.98. The first kappa shape index (κ1) is 51.6. The molecule has 4 rings (SSSR count). The molecule has 0 amide bonds. The second-order valence-electron chi connectivity index (χ2n) is 15.8. The molecule has 0 radical (unpaired) electrons. The molecule has 0 atom stereocenters. The molecule has 4 aromatic rings. The van der Waals surface area contributed by atoms with Gasteiger partial charge in [-0.2, -0.15) is 0 Å². The topological polar surface area (TPSA) is 114 Å². The Hall–Kier alpha value is -1.52. The zero-order valence-electron chi connectivity index (χ0n) is 35.7. The van der Waals surface area contributed by atoms with E-state index in [4.69, 9.17) is 0 Å². The van der Waals surface area contributed by atoms with Crippen molar-refractivity contribution in [3.63, 3.8) is 0 Å². The Balaban J connectivity index is 0.000000387. The van der Waals surface area contributed by atoms with E-state index in [1.54, 1.807) is 24.3 Å². The van der Waals surface area contributed by atoms with Crippen LogP contribution >= 0.6 is 0 Å². The maximum atomic E-state index is 11.9. The largest absolute Gasteiger partial charge is 2.00 e. The summed E-state index contributed by atoms with van der Waals surface area (Å²) >= 11 is 0. The molecule has 0 aromatic heterocycles. The van der Waals surface area contributed by atoms with Crippen LogP contribution in [0.25, 0.3) is 21.5 Å². The van der Waals surface area contributed by atoms with Crippen molar-refractivity contribution in [3.05, 3.63) is 82.9 Å². The van der Waals surface area contributed by atoms with Crippen LogP contribution in [0.15, 0.2) is 70.5 Å². The van der Waals surface area contributed by atoms with Crippen LogP contribution in [0.3, 0.4) is 0 Å². The number of fused-ring (bicyclic) bond motifs is 2. The van der Waals surface area contributed by atoms with E-state index < -0.39 is 20.2 Å². The molecule has 0 saturated carbocycles. The Kier molecular flexibility index (Phi) is 25.4. The average molecular weight is 847 g/mol. The van der Waals surface area contributed by atoms with Crippen LogP contribution in [0.1, 0.15) is 178 Å². The second-order valence-corrected chi connectivity index (χ2v) is 18.5. The van der Waals surface area contributed by atoms with Crippen LogP contribution in [-0.4, -0.2) is 63.7 Å². The molecule has 0 spiro atoms. The van der Waals surface area contributed by atoms with Crippen LogP contribution in [0.4, 0.5) is 0 Å². The van der Waals surface area contributed by atoms with Gasteiger partial charge in [0.05, 0.1) is 9.79 Å². The third-order valence-corrected chi connectivity index (χ3v) is 12.7. The van der Waals surface area contributed by atoms with Crippen molar-refractivity contribution < 1.29 is 25.9 Å². The van der Waals surface area contributed by atoms with Crippen molar-refractivity contribution in [1.82, 2.24) is 0 Å². The number of benzene rings is 4. The maximum Gasteiger partial charge on any atom is 2.00 e. The van der Waals surface area contributed by atoms with Crippen molar-refractivity contribution in [2.45, 2.75) is 192 Å². The average Bonchev–Trinajstić information content (AvgIpc) is 3.16. The number of rotatable bonds is 26. The molecule has 0 aliphatic rings. The van der Waals surface area contributed by atoms with E-state index in [9.17, 15) is 25.9 Å².